The summed E-state index contributed by atoms with van der Waals surface area (Å²) < 4.78 is 37.9. The Kier molecular flexibility index (Phi) is 4.71. The van der Waals surface area contributed by atoms with Crippen LogP contribution in [0.1, 0.15) is 30.4 Å². The summed E-state index contributed by atoms with van der Waals surface area (Å²) in [6.45, 7) is 1.07. The number of halogens is 3. The fraction of sp³-hybridized carbons (Fsp3) is 0.368. The van der Waals surface area contributed by atoms with Crippen molar-refractivity contribution >= 4 is 0 Å². The molecule has 1 fully saturated rings. The maximum Gasteiger partial charge on any atom is 0.416 e. The first-order valence-electron chi connectivity index (χ1n) is 8.02. The van der Waals surface area contributed by atoms with Gasteiger partial charge in [-0.25, -0.2) is 0 Å². The van der Waals surface area contributed by atoms with Crippen LogP contribution in [0.2, 0.25) is 0 Å². The van der Waals surface area contributed by atoms with Gasteiger partial charge in [-0.05, 0) is 54.6 Å². The predicted octanol–water partition coefficient (Wildman–Crippen LogP) is 5.06. The Balaban J connectivity index is 1.76. The smallest absolute Gasteiger partial charge is 0.314 e. The van der Waals surface area contributed by atoms with Crippen molar-refractivity contribution < 1.29 is 13.2 Å². The minimum atomic E-state index is -4.28. The van der Waals surface area contributed by atoms with E-state index in [2.05, 4.69) is 17.4 Å². The molecule has 3 rings (SSSR count). The molecule has 1 saturated heterocycles. The molecule has 0 radical (unpaired) electrons. The predicted molar refractivity (Wildman–Crippen MR) is 86.2 cm³/mol. The molecule has 0 aliphatic carbocycles. The normalized spacial score (nSPS) is 18.8. The zero-order chi connectivity index (χ0) is 16.3. The molecule has 0 saturated carbocycles. The van der Waals surface area contributed by atoms with Gasteiger partial charge < -0.3 is 5.32 Å². The molecule has 1 aliphatic heterocycles. The van der Waals surface area contributed by atoms with Gasteiger partial charge in [-0.3, -0.25) is 0 Å². The number of hydrogen-bond acceptors (Lipinski definition) is 1. The highest BCUT2D eigenvalue weighted by Gasteiger charge is 2.29. The van der Waals surface area contributed by atoms with Gasteiger partial charge >= 0.3 is 6.18 Å². The first-order chi connectivity index (χ1) is 11.0. The van der Waals surface area contributed by atoms with E-state index in [4.69, 9.17) is 0 Å². The van der Waals surface area contributed by atoms with E-state index in [0.29, 0.717) is 6.04 Å². The van der Waals surface area contributed by atoms with E-state index in [1.54, 1.807) is 12.1 Å². The van der Waals surface area contributed by atoms with E-state index >= 15 is 0 Å². The fourth-order valence-electron chi connectivity index (χ4n) is 3.11. The Labute approximate surface area is 134 Å². The highest BCUT2D eigenvalue weighted by molar-refractivity contribution is 5.64. The third kappa shape index (κ3) is 4.14. The molecule has 0 bridgehead atoms. The summed E-state index contributed by atoms with van der Waals surface area (Å²) in [5, 5.41) is 3.53. The Morgan fingerprint density at radius 3 is 2.39 bits per heavy atom. The van der Waals surface area contributed by atoms with Crippen molar-refractivity contribution in [3.8, 4) is 11.1 Å². The van der Waals surface area contributed by atoms with Crippen molar-refractivity contribution in [3.05, 3.63) is 59.7 Å². The van der Waals surface area contributed by atoms with E-state index < -0.39 is 11.7 Å². The molecule has 2 aromatic rings. The van der Waals surface area contributed by atoms with Gasteiger partial charge in [-0.1, -0.05) is 42.8 Å². The summed E-state index contributed by atoms with van der Waals surface area (Å²) in [5.74, 6) is 0. The zero-order valence-corrected chi connectivity index (χ0v) is 12.9. The van der Waals surface area contributed by atoms with Crippen molar-refractivity contribution in [2.75, 3.05) is 6.54 Å². The summed E-state index contributed by atoms with van der Waals surface area (Å²) in [4.78, 5) is 0. The van der Waals surface area contributed by atoms with Crippen molar-refractivity contribution in [2.24, 2.45) is 0 Å². The minimum Gasteiger partial charge on any atom is -0.314 e. The summed E-state index contributed by atoms with van der Waals surface area (Å²) in [7, 11) is 0. The molecule has 2 aromatic carbocycles. The van der Waals surface area contributed by atoms with Crippen molar-refractivity contribution in [1.82, 2.24) is 5.32 Å². The molecule has 0 unspecified atom stereocenters. The molecular weight excluding hydrogens is 299 g/mol. The number of rotatable bonds is 3. The lowest BCUT2D eigenvalue weighted by atomic mass is 9.95. The molecule has 1 atom stereocenters. The topological polar surface area (TPSA) is 12.0 Å². The van der Waals surface area contributed by atoms with Gasteiger partial charge in [0.1, 0.15) is 0 Å². The van der Waals surface area contributed by atoms with Crippen molar-refractivity contribution in [1.29, 1.82) is 0 Å². The van der Waals surface area contributed by atoms with Crippen LogP contribution in [0.25, 0.3) is 11.1 Å². The molecule has 1 aliphatic rings. The van der Waals surface area contributed by atoms with Gasteiger partial charge in [0.05, 0.1) is 5.56 Å². The average molecular weight is 319 g/mol. The van der Waals surface area contributed by atoms with Gasteiger partial charge in [0, 0.05) is 6.04 Å². The summed E-state index contributed by atoms with van der Waals surface area (Å²) >= 11 is 0. The lowest BCUT2D eigenvalue weighted by Crippen LogP contribution is -2.35. The van der Waals surface area contributed by atoms with Gasteiger partial charge in [-0.2, -0.15) is 13.2 Å². The first kappa shape index (κ1) is 16.1. The van der Waals surface area contributed by atoms with E-state index in [9.17, 15) is 13.2 Å². The molecule has 0 aromatic heterocycles. The molecule has 0 spiro atoms. The Morgan fingerprint density at radius 1 is 0.957 bits per heavy atom. The van der Waals surface area contributed by atoms with E-state index in [1.165, 1.54) is 24.8 Å². The minimum absolute atomic E-state index is 0.506. The molecule has 122 valence electrons. The third-order valence-electron chi connectivity index (χ3n) is 4.37. The highest BCUT2D eigenvalue weighted by atomic mass is 19.4. The molecule has 0 amide bonds. The van der Waals surface area contributed by atoms with Crippen molar-refractivity contribution in [2.45, 2.75) is 37.9 Å². The third-order valence-corrected chi connectivity index (χ3v) is 4.37. The first-order valence-corrected chi connectivity index (χ1v) is 8.02. The van der Waals surface area contributed by atoms with Crippen LogP contribution in [0.4, 0.5) is 13.2 Å². The van der Waals surface area contributed by atoms with Crippen LogP contribution >= 0.6 is 0 Å². The second-order valence-corrected chi connectivity index (χ2v) is 6.13. The van der Waals surface area contributed by atoms with Crippen LogP contribution in [0.15, 0.2) is 48.5 Å². The maximum absolute atomic E-state index is 12.6. The molecule has 4 heteroatoms. The fourth-order valence-corrected chi connectivity index (χ4v) is 3.11. The van der Waals surface area contributed by atoms with E-state index in [1.807, 2.05) is 12.1 Å². The van der Waals surface area contributed by atoms with E-state index in [-0.39, 0.29) is 0 Å². The van der Waals surface area contributed by atoms with Gasteiger partial charge in [0.15, 0.2) is 0 Å². The number of nitrogens with one attached hydrogen (secondary N) is 1. The van der Waals surface area contributed by atoms with Gasteiger partial charge in [-0.15, -0.1) is 0 Å². The quantitative estimate of drug-likeness (QED) is 0.834. The highest BCUT2D eigenvalue weighted by Crippen LogP contribution is 2.31. The largest absolute Gasteiger partial charge is 0.416 e. The second kappa shape index (κ2) is 6.75. The summed E-state index contributed by atoms with van der Waals surface area (Å²) in [6.07, 6.45) is 0.365. The zero-order valence-electron chi connectivity index (χ0n) is 12.9. The van der Waals surface area contributed by atoms with Crippen LogP contribution < -0.4 is 5.32 Å². The molecule has 23 heavy (non-hydrogen) atoms. The van der Waals surface area contributed by atoms with E-state index in [0.717, 1.165) is 36.2 Å². The van der Waals surface area contributed by atoms with Crippen molar-refractivity contribution in [3.63, 3.8) is 0 Å². The average Bonchev–Trinajstić information content (AvgIpc) is 2.55. The van der Waals surface area contributed by atoms with Crippen LogP contribution in [0.3, 0.4) is 0 Å². The van der Waals surface area contributed by atoms with Crippen LogP contribution in [-0.2, 0) is 12.6 Å². The van der Waals surface area contributed by atoms with Crippen LogP contribution in [0.5, 0.6) is 0 Å². The van der Waals surface area contributed by atoms with Crippen LogP contribution in [-0.4, -0.2) is 12.6 Å². The molecular formula is C19H20F3N. The number of piperidine rings is 1. The standard InChI is InChI=1S/C19H20F3N/c20-19(21,22)17-9-7-15(8-10-17)16-5-3-4-14(12-16)13-18-6-1-2-11-23-18/h3-5,7-10,12,18,23H,1-2,6,11,13H2/t18-/m0/s1. The number of alkyl halides is 3. The van der Waals surface area contributed by atoms with Crippen LogP contribution in [0, 0.1) is 0 Å². The Morgan fingerprint density at radius 2 is 1.74 bits per heavy atom. The molecule has 1 N–H and O–H groups in total. The summed E-state index contributed by atoms with van der Waals surface area (Å²) in [6, 6.07) is 14.0. The maximum atomic E-state index is 12.6. The lowest BCUT2D eigenvalue weighted by molar-refractivity contribution is -0.137. The molecule has 1 nitrogen and oxygen atoms in total. The number of hydrogen-bond donors (Lipinski definition) is 1. The SMILES string of the molecule is FC(F)(F)c1ccc(-c2cccc(C[C@@H]3CCCCN3)c2)cc1. The second-order valence-electron chi connectivity index (χ2n) is 6.13. The summed E-state index contributed by atoms with van der Waals surface area (Å²) in [5.41, 5.74) is 2.40. The van der Waals surface area contributed by atoms with Gasteiger partial charge in [0.2, 0.25) is 0 Å². The Bertz CT molecular complexity index is 640. The lowest BCUT2D eigenvalue weighted by Gasteiger charge is -2.23. The monoisotopic (exact) mass is 319 g/mol. The Hall–Kier alpha value is -1.81. The molecule has 1 heterocycles. The number of benzene rings is 2. The van der Waals surface area contributed by atoms with Gasteiger partial charge in [0.25, 0.3) is 0 Å².